The molecule has 1 aromatic heterocycles. The number of pyridine rings is 1. The van der Waals surface area contributed by atoms with Gasteiger partial charge in [-0.1, -0.05) is 6.07 Å². The molecule has 0 aliphatic carbocycles. The van der Waals surface area contributed by atoms with Crippen LogP contribution in [0.2, 0.25) is 0 Å². The number of benzene rings is 2. The fourth-order valence-corrected chi connectivity index (χ4v) is 4.93. The van der Waals surface area contributed by atoms with E-state index in [4.69, 9.17) is 11.1 Å². The first kappa shape index (κ1) is 28.6. The minimum absolute atomic E-state index is 0.00568. The molecule has 0 bridgehead atoms. The summed E-state index contributed by atoms with van der Waals surface area (Å²) in [4.78, 5) is 16.5. The van der Waals surface area contributed by atoms with Crippen molar-refractivity contribution in [3.05, 3.63) is 83.2 Å². The van der Waals surface area contributed by atoms with Crippen molar-refractivity contribution in [2.75, 3.05) is 9.62 Å². The molecular weight excluding hydrogens is 564 g/mol. The minimum Gasteiger partial charge on any atom is -0.406 e. The zero-order chi connectivity index (χ0) is 29.4. The summed E-state index contributed by atoms with van der Waals surface area (Å²) in [6.45, 7) is 1.23. The van der Waals surface area contributed by atoms with Crippen LogP contribution in [0, 0.1) is 5.41 Å². The molecular formula is C25H19F6N5O3S. The van der Waals surface area contributed by atoms with Gasteiger partial charge in [0.05, 0.1) is 22.8 Å². The number of ether oxygens (including phenoxy) is 1. The number of Topliss-reactive ketones (excluding diaryl/α,β-unsaturated/α-hetero) is 1. The first-order chi connectivity index (χ1) is 18.6. The number of fused-ring (bicyclic) bond motifs is 2. The van der Waals surface area contributed by atoms with Crippen LogP contribution in [0.3, 0.4) is 0 Å². The van der Waals surface area contributed by atoms with Crippen molar-refractivity contribution < 1.29 is 40.1 Å². The number of allylic oxidation sites excluding steroid dienone is 2. The lowest BCUT2D eigenvalue weighted by Crippen LogP contribution is -2.25. The van der Waals surface area contributed by atoms with Crippen molar-refractivity contribution in [1.82, 2.24) is 4.98 Å². The number of carbonyl (C=O) groups excluding carboxylic acids is 1. The van der Waals surface area contributed by atoms with Gasteiger partial charge < -0.3 is 15.8 Å². The van der Waals surface area contributed by atoms with Crippen LogP contribution in [0.4, 0.5) is 43.5 Å². The molecule has 4 rings (SSSR count). The van der Waals surface area contributed by atoms with E-state index in [1.807, 2.05) is 0 Å². The average molecular weight is 584 g/mol. The molecule has 0 radical (unpaired) electrons. The van der Waals surface area contributed by atoms with E-state index in [0.29, 0.717) is 0 Å². The van der Waals surface area contributed by atoms with Gasteiger partial charge >= 0.3 is 12.5 Å². The highest BCUT2D eigenvalue weighted by Crippen LogP contribution is 2.39. The van der Waals surface area contributed by atoms with Gasteiger partial charge in [-0.2, -0.15) is 13.2 Å². The Bertz CT molecular complexity index is 1530. The Labute approximate surface area is 225 Å². The molecule has 1 unspecified atom stereocenters. The quantitative estimate of drug-likeness (QED) is 0.190. The second-order valence-corrected chi connectivity index (χ2v) is 9.91. The number of hydrogen-bond acceptors (Lipinski definition) is 7. The van der Waals surface area contributed by atoms with Gasteiger partial charge in [-0.05, 0) is 61.5 Å². The highest BCUT2D eigenvalue weighted by molar-refractivity contribution is 7.86. The lowest BCUT2D eigenvalue weighted by molar-refractivity contribution is -0.274. The van der Waals surface area contributed by atoms with Gasteiger partial charge in [-0.3, -0.25) is 14.5 Å². The smallest absolute Gasteiger partial charge is 0.406 e. The standard InChI is InChI=1S/C25H19F6N5O3S/c1-13(32)10-18(33)22(37)14-2-8-19-20(11-14)36(12-15-3-9-21(24(26,27)28)35-23(15)34-19)40(38)17-6-4-16(5-7-17)39-25(29,30)31/h2-11,33H,12,32H2,1H3,(H,34,35)/b13-10-,33-18?. The number of aromatic nitrogens is 1. The van der Waals surface area contributed by atoms with Gasteiger partial charge in [0.25, 0.3) is 0 Å². The molecule has 1 aliphatic rings. The normalized spacial score (nSPS) is 14.4. The Kier molecular flexibility index (Phi) is 7.61. The van der Waals surface area contributed by atoms with E-state index in [-0.39, 0.29) is 45.5 Å². The summed E-state index contributed by atoms with van der Waals surface area (Å²) in [6, 6.07) is 10.1. The number of nitrogens with zero attached hydrogens (tertiary/aromatic N) is 2. The van der Waals surface area contributed by atoms with Crippen LogP contribution in [-0.4, -0.2) is 27.1 Å². The molecule has 0 saturated heterocycles. The van der Waals surface area contributed by atoms with Gasteiger partial charge in [0.2, 0.25) is 5.78 Å². The van der Waals surface area contributed by atoms with Gasteiger partial charge in [0.15, 0.2) is 11.0 Å². The number of halogens is 6. The summed E-state index contributed by atoms with van der Waals surface area (Å²) in [7, 11) is -2.14. The Morgan fingerprint density at radius 2 is 1.77 bits per heavy atom. The number of ketones is 1. The number of rotatable bonds is 6. The van der Waals surface area contributed by atoms with Crippen LogP contribution in [-0.2, 0) is 23.7 Å². The summed E-state index contributed by atoms with van der Waals surface area (Å²) >= 11 is 0. The number of nitrogens with one attached hydrogen (secondary N) is 2. The molecule has 210 valence electrons. The third-order valence-corrected chi connectivity index (χ3v) is 6.84. The zero-order valence-electron chi connectivity index (χ0n) is 20.4. The Balaban J connectivity index is 1.80. The van der Waals surface area contributed by atoms with Crippen LogP contribution < -0.4 is 20.1 Å². The van der Waals surface area contributed by atoms with Crippen molar-refractivity contribution in [2.45, 2.75) is 30.9 Å². The summed E-state index contributed by atoms with van der Waals surface area (Å²) < 4.78 is 96.4. The van der Waals surface area contributed by atoms with E-state index in [2.05, 4.69) is 15.0 Å². The van der Waals surface area contributed by atoms with E-state index in [1.165, 1.54) is 29.4 Å². The van der Waals surface area contributed by atoms with Crippen molar-refractivity contribution in [3.63, 3.8) is 0 Å². The molecule has 1 aliphatic heterocycles. The molecule has 4 N–H and O–H groups in total. The SMILES string of the molecule is C/C(N)=C/C(=N)C(=O)c1ccc2c(c1)N(S(=O)c1ccc(OC(F)(F)F)cc1)Cc1ccc(C(F)(F)F)nc1N2. The highest BCUT2D eigenvalue weighted by atomic mass is 32.2. The lowest BCUT2D eigenvalue weighted by atomic mass is 10.0. The molecule has 1 atom stereocenters. The fourth-order valence-electron chi connectivity index (χ4n) is 3.72. The predicted octanol–water partition coefficient (Wildman–Crippen LogP) is 5.85. The maximum Gasteiger partial charge on any atom is 0.573 e. The molecule has 15 heteroatoms. The lowest BCUT2D eigenvalue weighted by Gasteiger charge is -2.24. The van der Waals surface area contributed by atoms with Crippen molar-refractivity contribution >= 4 is 39.7 Å². The second-order valence-electron chi connectivity index (χ2n) is 8.50. The molecule has 8 nitrogen and oxygen atoms in total. The summed E-state index contributed by atoms with van der Waals surface area (Å²) in [5.74, 6) is -1.45. The van der Waals surface area contributed by atoms with E-state index >= 15 is 0 Å². The number of carbonyl (C=O) groups is 1. The second kappa shape index (κ2) is 10.6. The maximum absolute atomic E-state index is 13.7. The number of hydrogen-bond donors (Lipinski definition) is 3. The number of alkyl halides is 6. The van der Waals surface area contributed by atoms with Crippen molar-refractivity contribution in [2.24, 2.45) is 5.73 Å². The molecule has 0 saturated carbocycles. The summed E-state index contributed by atoms with van der Waals surface area (Å²) in [5.41, 5.74) is 4.62. The highest BCUT2D eigenvalue weighted by Gasteiger charge is 2.35. The average Bonchev–Trinajstić information content (AvgIpc) is 3.02. The fraction of sp³-hybridized carbons (Fsp3) is 0.160. The maximum atomic E-state index is 13.7. The molecule has 0 spiro atoms. The van der Waals surface area contributed by atoms with Crippen LogP contribution in [0.25, 0.3) is 0 Å². The molecule has 2 heterocycles. The van der Waals surface area contributed by atoms with Gasteiger partial charge in [0.1, 0.15) is 23.0 Å². The first-order valence-electron chi connectivity index (χ1n) is 11.2. The monoisotopic (exact) mass is 583 g/mol. The third kappa shape index (κ3) is 6.42. The Hall–Kier alpha value is -4.40. The summed E-state index contributed by atoms with van der Waals surface area (Å²) in [5, 5.41) is 10.8. The zero-order valence-corrected chi connectivity index (χ0v) is 21.2. The van der Waals surface area contributed by atoms with Crippen LogP contribution >= 0.6 is 0 Å². The Morgan fingerprint density at radius 1 is 1.10 bits per heavy atom. The predicted molar refractivity (Wildman–Crippen MR) is 135 cm³/mol. The van der Waals surface area contributed by atoms with Gasteiger partial charge in [-0.15, -0.1) is 13.2 Å². The van der Waals surface area contributed by atoms with E-state index in [9.17, 15) is 35.3 Å². The van der Waals surface area contributed by atoms with Gasteiger partial charge in [0, 0.05) is 16.8 Å². The molecule has 3 aromatic rings. The van der Waals surface area contributed by atoms with Crippen LogP contribution in [0.15, 0.2) is 71.3 Å². The van der Waals surface area contributed by atoms with Crippen LogP contribution in [0.5, 0.6) is 5.75 Å². The summed E-state index contributed by atoms with van der Waals surface area (Å²) in [6.07, 6.45) is -8.53. The topological polar surface area (TPSA) is 121 Å². The van der Waals surface area contributed by atoms with Crippen LogP contribution in [0.1, 0.15) is 28.5 Å². The van der Waals surface area contributed by atoms with E-state index in [1.54, 1.807) is 0 Å². The Morgan fingerprint density at radius 3 is 2.38 bits per heavy atom. The van der Waals surface area contributed by atoms with E-state index in [0.717, 1.165) is 42.5 Å². The van der Waals surface area contributed by atoms with Crippen molar-refractivity contribution in [1.29, 1.82) is 5.41 Å². The molecule has 0 amide bonds. The van der Waals surface area contributed by atoms with E-state index < -0.39 is 46.5 Å². The number of nitrogens with two attached hydrogens (primary N) is 1. The molecule has 0 fully saturated rings. The minimum atomic E-state index is -4.93. The first-order valence-corrected chi connectivity index (χ1v) is 12.3. The molecule has 40 heavy (non-hydrogen) atoms. The van der Waals surface area contributed by atoms with Gasteiger partial charge in [-0.25, -0.2) is 9.19 Å². The van der Waals surface area contributed by atoms with Crippen molar-refractivity contribution in [3.8, 4) is 5.75 Å². The largest absolute Gasteiger partial charge is 0.573 e. The number of anilines is 3. The molecule has 2 aromatic carbocycles. The third-order valence-electron chi connectivity index (χ3n) is 5.44.